The highest BCUT2D eigenvalue weighted by molar-refractivity contribution is 5.37. The molecule has 1 aliphatic rings. The van der Waals surface area contributed by atoms with Crippen LogP contribution in [0.4, 0.5) is 0 Å². The lowest BCUT2D eigenvalue weighted by Crippen LogP contribution is -2.42. The van der Waals surface area contributed by atoms with Gasteiger partial charge in [-0.2, -0.15) is 0 Å². The highest BCUT2D eigenvalue weighted by atomic mass is 15.3. The number of rotatable bonds is 0. The van der Waals surface area contributed by atoms with E-state index >= 15 is 0 Å². The number of benzene rings is 2. The summed E-state index contributed by atoms with van der Waals surface area (Å²) in [5.74, 6) is 2.96. The lowest BCUT2D eigenvalue weighted by Gasteiger charge is -2.25. The molecule has 5 heterocycles. The molecule has 0 amide bonds. The molecule has 0 atom stereocenters. The highest BCUT2D eigenvalue weighted by Crippen LogP contribution is 2.35. The number of hydrogen-bond acceptors (Lipinski definition) is 4. The van der Waals surface area contributed by atoms with E-state index in [1.165, 1.54) is 56.2 Å². The van der Waals surface area contributed by atoms with Crippen LogP contribution in [0.1, 0.15) is 204 Å². The molecule has 10 heteroatoms. The molecule has 0 aliphatic carbocycles. The molecule has 0 fully saturated rings. The SMILES string of the molecule is CC(C)(C)c1cc2cc(c1)C[n+]1cn(c(C(C)(C)C)c1C(C)(C)C)Cc1nnc([n-]1)Cn1c[n+](c(C(C)(C)C)c1C(C)(C)C)Cc1cc(cc(C(C)(C)C)c1)Cc1nnc([n-]1)C2. The second kappa shape index (κ2) is 15.4. The van der Waals surface area contributed by atoms with Crippen LogP contribution < -0.4 is 19.1 Å². The van der Waals surface area contributed by atoms with Gasteiger partial charge in [-0.25, -0.2) is 18.3 Å². The first-order valence-electron chi connectivity index (χ1n) is 22.7. The lowest BCUT2D eigenvalue weighted by atomic mass is 9.81. The van der Waals surface area contributed by atoms with Gasteiger partial charge in [0, 0.05) is 46.2 Å². The summed E-state index contributed by atoms with van der Waals surface area (Å²) in [6, 6.07) is 14.1. The number of aromatic nitrogens is 10. The lowest BCUT2D eigenvalue weighted by molar-refractivity contribution is -0.698. The molecule has 6 aromatic rings. The van der Waals surface area contributed by atoms with Crippen LogP contribution in [0.3, 0.4) is 0 Å². The van der Waals surface area contributed by atoms with E-state index in [1.807, 2.05) is 0 Å². The van der Waals surface area contributed by atoms with Crippen molar-refractivity contribution < 1.29 is 9.13 Å². The van der Waals surface area contributed by atoms with Gasteiger partial charge in [0.05, 0.1) is 0 Å². The van der Waals surface area contributed by atoms with E-state index in [-0.39, 0.29) is 32.5 Å². The third-order valence-corrected chi connectivity index (χ3v) is 12.0. The van der Waals surface area contributed by atoms with Crippen molar-refractivity contribution in [3.63, 3.8) is 0 Å². The molecular formula is C52H74N10. The minimum absolute atomic E-state index is 0.0412. The first-order chi connectivity index (χ1) is 28.4. The predicted molar refractivity (Wildman–Crippen MR) is 247 cm³/mol. The van der Waals surface area contributed by atoms with Gasteiger partial charge in [-0.15, -0.1) is 0 Å². The summed E-state index contributed by atoms with van der Waals surface area (Å²) in [6.45, 7) is 44.1. The van der Waals surface area contributed by atoms with Crippen molar-refractivity contribution in [1.29, 1.82) is 0 Å². The molecule has 10 nitrogen and oxygen atoms in total. The van der Waals surface area contributed by atoms with Crippen molar-refractivity contribution in [3.05, 3.63) is 129 Å². The van der Waals surface area contributed by atoms with Crippen LogP contribution in [0, 0.1) is 0 Å². The van der Waals surface area contributed by atoms with Crippen LogP contribution >= 0.6 is 0 Å². The molecule has 1 aliphatic heterocycles. The number of imidazole rings is 2. The monoisotopic (exact) mass is 839 g/mol. The fourth-order valence-electron chi connectivity index (χ4n) is 9.48. The minimum Gasteiger partial charge on any atom is -0.366 e. The van der Waals surface area contributed by atoms with Crippen molar-refractivity contribution in [2.24, 2.45) is 0 Å². The van der Waals surface area contributed by atoms with Gasteiger partial charge in [0.25, 0.3) is 0 Å². The van der Waals surface area contributed by atoms with Crippen molar-refractivity contribution in [3.8, 4) is 0 Å². The van der Waals surface area contributed by atoms with E-state index in [1.54, 1.807) is 0 Å². The molecule has 0 N–H and O–H groups in total. The molecule has 0 saturated heterocycles. The predicted octanol–water partition coefficient (Wildman–Crippen LogP) is 8.83. The van der Waals surface area contributed by atoms with E-state index in [0.717, 1.165) is 36.4 Å². The average molecular weight is 839 g/mol. The molecule has 0 saturated carbocycles. The Morgan fingerprint density at radius 3 is 1.05 bits per heavy atom. The maximum absolute atomic E-state index is 5.16. The van der Waals surface area contributed by atoms with Gasteiger partial charge in [-0.05, 0) is 55.9 Å². The molecule has 62 heavy (non-hydrogen) atoms. The second-order valence-corrected chi connectivity index (χ2v) is 24.4. The first-order valence-corrected chi connectivity index (χ1v) is 22.7. The first kappa shape index (κ1) is 45.2. The van der Waals surface area contributed by atoms with E-state index < -0.39 is 0 Å². The van der Waals surface area contributed by atoms with E-state index in [9.17, 15) is 0 Å². The van der Waals surface area contributed by atoms with Gasteiger partial charge in [-0.3, -0.25) is 0 Å². The Labute approximate surface area is 372 Å². The zero-order valence-electron chi connectivity index (χ0n) is 41.3. The molecule has 0 radical (unpaired) electrons. The van der Waals surface area contributed by atoms with Gasteiger partial charge >= 0.3 is 0 Å². The maximum Gasteiger partial charge on any atom is 0.244 e. The summed E-state index contributed by atoms with van der Waals surface area (Å²) in [5.41, 5.74) is 12.1. The van der Waals surface area contributed by atoms with Crippen LogP contribution in [0.25, 0.3) is 0 Å². The Morgan fingerprint density at radius 1 is 0.403 bits per heavy atom. The Morgan fingerprint density at radius 2 is 0.726 bits per heavy atom. The summed E-state index contributed by atoms with van der Waals surface area (Å²) >= 11 is 0. The number of hydrogen-bond donors (Lipinski definition) is 0. The van der Waals surface area contributed by atoms with E-state index in [4.69, 9.17) is 20.2 Å². The number of fused-ring (bicyclic) bond motifs is 12. The summed E-state index contributed by atoms with van der Waals surface area (Å²) in [6.07, 6.45) is 5.81. The van der Waals surface area contributed by atoms with E-state index in [2.05, 4.69) is 202 Å². The van der Waals surface area contributed by atoms with Crippen LogP contribution in [-0.2, 0) is 71.5 Å². The quantitative estimate of drug-likeness (QED) is 0.142. The Bertz CT molecular complexity index is 2410. The smallest absolute Gasteiger partial charge is 0.244 e. The summed E-state index contributed by atoms with van der Waals surface area (Å²) in [7, 11) is 0. The van der Waals surface area contributed by atoms with Crippen LogP contribution in [0.15, 0.2) is 49.1 Å². The standard InChI is InChI=1S/C52H74N10/c1-47(2,3)37-21-33-19-35(23-37)27-59-31-61(45(51(13,14)15)43(59)49(7,8)9)29-41-54-42(58-57-41)30-62-32-60(44(50(10,11)12)46(62)52(16,17)18)28-36-20-34(22-38(24-36)48(4,5)6)26-40-53-39(25-33)55-56-40/h19-24,31-32H,25-30H2,1-18H3. The summed E-state index contributed by atoms with van der Waals surface area (Å²) in [5, 5.41) is 18.9. The molecule has 0 spiro atoms. The highest BCUT2D eigenvalue weighted by Gasteiger charge is 2.40. The van der Waals surface area contributed by atoms with Gasteiger partial charge < -0.3 is 30.4 Å². The average Bonchev–Trinajstić information content (AvgIpc) is 3.89. The number of nitrogens with zero attached hydrogens (tertiary/aromatic N) is 10. The molecule has 2 aromatic carbocycles. The summed E-state index contributed by atoms with van der Waals surface area (Å²) < 4.78 is 9.67. The second-order valence-electron chi connectivity index (χ2n) is 24.4. The zero-order valence-corrected chi connectivity index (χ0v) is 41.3. The molecular weight excluding hydrogens is 765 g/mol. The molecule has 12 bridgehead atoms. The van der Waals surface area contributed by atoms with Crippen LogP contribution in [0.5, 0.6) is 0 Å². The molecule has 4 aromatic heterocycles. The van der Waals surface area contributed by atoms with Crippen LogP contribution in [-0.4, -0.2) is 29.5 Å². The van der Waals surface area contributed by atoms with Crippen molar-refractivity contribution >= 4 is 0 Å². The van der Waals surface area contributed by atoms with Gasteiger partial charge in [0.15, 0.2) is 22.8 Å². The Hall–Kier alpha value is -4.86. The normalized spacial score (nSPS) is 14.9. The fourth-order valence-corrected chi connectivity index (χ4v) is 9.48. The Kier molecular flexibility index (Phi) is 11.3. The largest absolute Gasteiger partial charge is 0.366 e. The Balaban J connectivity index is 1.44. The fraction of sp³-hybridized carbons (Fsp3) is 0.577. The topological polar surface area (TPSA) is 97.4 Å². The van der Waals surface area contributed by atoms with Crippen molar-refractivity contribution in [2.75, 3.05) is 0 Å². The van der Waals surface area contributed by atoms with Gasteiger partial charge in [0.2, 0.25) is 12.7 Å². The minimum atomic E-state index is -0.144. The molecule has 0 unspecified atom stereocenters. The summed E-state index contributed by atoms with van der Waals surface area (Å²) in [4.78, 5) is 10.2. The third kappa shape index (κ3) is 9.69. The van der Waals surface area contributed by atoms with Crippen molar-refractivity contribution in [2.45, 2.75) is 196 Å². The van der Waals surface area contributed by atoms with E-state index in [0.29, 0.717) is 25.9 Å². The molecule has 7 rings (SSSR count). The van der Waals surface area contributed by atoms with Gasteiger partial charge in [0.1, 0.15) is 26.2 Å². The van der Waals surface area contributed by atoms with Crippen molar-refractivity contribution in [1.82, 2.24) is 39.5 Å². The third-order valence-electron chi connectivity index (χ3n) is 12.0. The maximum atomic E-state index is 5.16. The van der Waals surface area contributed by atoms with Crippen LogP contribution in [0.2, 0.25) is 0 Å². The zero-order chi connectivity index (χ0) is 45.5. The molecule has 332 valence electrons. The van der Waals surface area contributed by atoms with Gasteiger partial charge in [-0.1, -0.05) is 161 Å².